The molecule has 0 fully saturated rings. The van der Waals surface area contributed by atoms with Crippen LogP contribution in [0.4, 0.5) is 13.2 Å². The standard InChI is InChI=1S/C14H9F3O3/c15-11-3-1-8(5-10(11)14(18)19)7-20-9-2-4-12(16)13(17)6-9/h1-6H,7H2,(H,18,19). The Morgan fingerprint density at radius 3 is 2.35 bits per heavy atom. The van der Waals surface area contributed by atoms with Crippen molar-refractivity contribution in [2.75, 3.05) is 0 Å². The molecule has 0 aliphatic carbocycles. The van der Waals surface area contributed by atoms with Gasteiger partial charge in [-0.1, -0.05) is 6.07 Å². The second-order valence-corrected chi connectivity index (χ2v) is 3.98. The lowest BCUT2D eigenvalue weighted by atomic mass is 10.1. The van der Waals surface area contributed by atoms with E-state index in [-0.39, 0.29) is 12.4 Å². The van der Waals surface area contributed by atoms with E-state index in [0.29, 0.717) is 5.56 Å². The molecule has 0 aliphatic heterocycles. The smallest absolute Gasteiger partial charge is 0.338 e. The van der Waals surface area contributed by atoms with Crippen molar-refractivity contribution in [2.24, 2.45) is 0 Å². The molecule has 0 bridgehead atoms. The first-order valence-corrected chi connectivity index (χ1v) is 5.57. The van der Waals surface area contributed by atoms with E-state index in [9.17, 15) is 18.0 Å². The van der Waals surface area contributed by atoms with Gasteiger partial charge in [0.1, 0.15) is 18.2 Å². The molecule has 0 spiro atoms. The number of benzene rings is 2. The zero-order valence-electron chi connectivity index (χ0n) is 10.1. The number of carboxylic acids is 1. The summed E-state index contributed by atoms with van der Waals surface area (Å²) in [5.74, 6) is -4.20. The molecular formula is C14H9F3O3. The van der Waals surface area contributed by atoms with Gasteiger partial charge in [-0.15, -0.1) is 0 Å². The van der Waals surface area contributed by atoms with Gasteiger partial charge in [-0.2, -0.15) is 0 Å². The lowest BCUT2D eigenvalue weighted by Gasteiger charge is -2.07. The first kappa shape index (κ1) is 13.9. The van der Waals surface area contributed by atoms with Crippen LogP contribution in [-0.4, -0.2) is 11.1 Å². The van der Waals surface area contributed by atoms with Gasteiger partial charge in [0.15, 0.2) is 11.6 Å². The maximum absolute atomic E-state index is 13.2. The van der Waals surface area contributed by atoms with E-state index in [1.54, 1.807) is 0 Å². The summed E-state index contributed by atoms with van der Waals surface area (Å²) in [6, 6.07) is 6.50. The van der Waals surface area contributed by atoms with Gasteiger partial charge in [-0.05, 0) is 29.8 Å². The van der Waals surface area contributed by atoms with Crippen LogP contribution in [0.5, 0.6) is 5.75 Å². The molecule has 2 rings (SSSR count). The number of halogens is 3. The van der Waals surface area contributed by atoms with Crippen molar-refractivity contribution in [1.29, 1.82) is 0 Å². The van der Waals surface area contributed by atoms with Crippen LogP contribution in [0.15, 0.2) is 36.4 Å². The van der Waals surface area contributed by atoms with Gasteiger partial charge in [-0.25, -0.2) is 18.0 Å². The first-order chi connectivity index (χ1) is 9.47. The van der Waals surface area contributed by atoms with Crippen LogP contribution in [-0.2, 0) is 6.61 Å². The fourth-order valence-corrected chi connectivity index (χ4v) is 1.56. The number of hydrogen-bond acceptors (Lipinski definition) is 2. The van der Waals surface area contributed by atoms with Gasteiger partial charge in [0, 0.05) is 6.07 Å². The largest absolute Gasteiger partial charge is 0.489 e. The predicted molar refractivity (Wildman–Crippen MR) is 64.0 cm³/mol. The molecule has 3 nitrogen and oxygen atoms in total. The molecule has 0 heterocycles. The Bertz CT molecular complexity index is 656. The maximum Gasteiger partial charge on any atom is 0.338 e. The SMILES string of the molecule is O=C(O)c1cc(COc2ccc(F)c(F)c2)ccc1F. The molecule has 0 aromatic heterocycles. The monoisotopic (exact) mass is 282 g/mol. The summed E-state index contributed by atoms with van der Waals surface area (Å²) < 4.78 is 44.0. The van der Waals surface area contributed by atoms with Gasteiger partial charge in [0.25, 0.3) is 0 Å². The van der Waals surface area contributed by atoms with E-state index in [1.807, 2.05) is 0 Å². The summed E-state index contributed by atoms with van der Waals surface area (Å²) in [7, 11) is 0. The van der Waals surface area contributed by atoms with Crippen molar-refractivity contribution in [1.82, 2.24) is 0 Å². The van der Waals surface area contributed by atoms with Crippen molar-refractivity contribution < 1.29 is 27.8 Å². The summed E-state index contributed by atoms with van der Waals surface area (Å²) in [6.45, 7) is -0.0916. The first-order valence-electron chi connectivity index (χ1n) is 5.57. The molecule has 0 saturated carbocycles. The van der Waals surface area contributed by atoms with Gasteiger partial charge in [0.2, 0.25) is 0 Å². The average Bonchev–Trinajstić information content (AvgIpc) is 2.41. The summed E-state index contributed by atoms with van der Waals surface area (Å²) >= 11 is 0. The van der Waals surface area contributed by atoms with Crippen LogP contribution < -0.4 is 4.74 Å². The number of carbonyl (C=O) groups is 1. The molecule has 0 unspecified atom stereocenters. The number of carboxylic acid groups (broad SMARTS) is 1. The normalized spacial score (nSPS) is 10.3. The highest BCUT2D eigenvalue weighted by Gasteiger charge is 2.11. The second-order valence-electron chi connectivity index (χ2n) is 3.98. The van der Waals surface area contributed by atoms with Crippen molar-refractivity contribution in [3.63, 3.8) is 0 Å². The molecule has 2 aromatic carbocycles. The highest BCUT2D eigenvalue weighted by Crippen LogP contribution is 2.18. The van der Waals surface area contributed by atoms with Crippen molar-refractivity contribution in [3.05, 3.63) is 65.0 Å². The third kappa shape index (κ3) is 3.09. The number of ether oxygens (including phenoxy) is 1. The second kappa shape index (κ2) is 5.64. The third-order valence-corrected chi connectivity index (χ3v) is 2.56. The van der Waals surface area contributed by atoms with E-state index in [1.165, 1.54) is 12.1 Å². The minimum atomic E-state index is -1.39. The third-order valence-electron chi connectivity index (χ3n) is 2.56. The van der Waals surface area contributed by atoms with E-state index < -0.39 is 29.0 Å². The van der Waals surface area contributed by atoms with Crippen LogP contribution in [0.25, 0.3) is 0 Å². The van der Waals surface area contributed by atoms with Crippen LogP contribution >= 0.6 is 0 Å². The predicted octanol–water partition coefficient (Wildman–Crippen LogP) is 3.38. The van der Waals surface area contributed by atoms with Crippen molar-refractivity contribution >= 4 is 5.97 Å². The van der Waals surface area contributed by atoms with Gasteiger partial charge < -0.3 is 9.84 Å². The zero-order chi connectivity index (χ0) is 14.7. The fourth-order valence-electron chi connectivity index (χ4n) is 1.56. The molecule has 6 heteroatoms. The molecule has 1 N–H and O–H groups in total. The highest BCUT2D eigenvalue weighted by atomic mass is 19.2. The van der Waals surface area contributed by atoms with Gasteiger partial charge >= 0.3 is 5.97 Å². The Hall–Kier alpha value is -2.50. The molecule has 2 aromatic rings. The lowest BCUT2D eigenvalue weighted by molar-refractivity contribution is 0.0691. The number of rotatable bonds is 4. The molecule has 20 heavy (non-hydrogen) atoms. The van der Waals surface area contributed by atoms with Crippen LogP contribution in [0, 0.1) is 17.5 Å². The number of hydrogen-bond donors (Lipinski definition) is 1. The molecule has 0 amide bonds. The van der Waals surface area contributed by atoms with Crippen molar-refractivity contribution in [3.8, 4) is 5.75 Å². The van der Waals surface area contributed by atoms with E-state index in [4.69, 9.17) is 9.84 Å². The van der Waals surface area contributed by atoms with Crippen LogP contribution in [0.2, 0.25) is 0 Å². The van der Waals surface area contributed by atoms with E-state index in [2.05, 4.69) is 0 Å². The summed E-state index contributed by atoms with van der Waals surface area (Å²) in [5, 5.41) is 8.77. The highest BCUT2D eigenvalue weighted by molar-refractivity contribution is 5.88. The molecule has 0 saturated heterocycles. The molecule has 0 radical (unpaired) electrons. The van der Waals surface area contributed by atoms with E-state index in [0.717, 1.165) is 24.3 Å². The molecule has 0 aliphatic rings. The Morgan fingerprint density at radius 2 is 1.70 bits per heavy atom. The summed E-state index contributed by atoms with van der Waals surface area (Å²) in [4.78, 5) is 10.8. The number of aromatic carboxylic acids is 1. The quantitative estimate of drug-likeness (QED) is 0.935. The van der Waals surface area contributed by atoms with Crippen LogP contribution in [0.1, 0.15) is 15.9 Å². The Labute approximate surface area is 112 Å². The van der Waals surface area contributed by atoms with Crippen molar-refractivity contribution in [2.45, 2.75) is 6.61 Å². The zero-order valence-corrected chi connectivity index (χ0v) is 10.1. The Balaban J connectivity index is 2.12. The summed E-state index contributed by atoms with van der Waals surface area (Å²) in [6.07, 6.45) is 0. The Morgan fingerprint density at radius 1 is 1.00 bits per heavy atom. The summed E-state index contributed by atoms with van der Waals surface area (Å²) in [5.41, 5.74) is -0.0788. The molecular weight excluding hydrogens is 273 g/mol. The molecule has 104 valence electrons. The van der Waals surface area contributed by atoms with Gasteiger partial charge in [0.05, 0.1) is 5.56 Å². The minimum absolute atomic E-state index is 0.0881. The lowest BCUT2D eigenvalue weighted by Crippen LogP contribution is -2.03. The average molecular weight is 282 g/mol. The minimum Gasteiger partial charge on any atom is -0.489 e. The van der Waals surface area contributed by atoms with Crippen LogP contribution in [0.3, 0.4) is 0 Å². The Kier molecular flexibility index (Phi) is 3.93. The topological polar surface area (TPSA) is 46.5 Å². The van der Waals surface area contributed by atoms with Gasteiger partial charge in [-0.3, -0.25) is 0 Å². The molecule has 0 atom stereocenters. The fraction of sp³-hybridized carbons (Fsp3) is 0.0714. The van der Waals surface area contributed by atoms with E-state index >= 15 is 0 Å². The maximum atomic E-state index is 13.2.